The van der Waals surface area contributed by atoms with E-state index in [4.69, 9.17) is 16.0 Å². The van der Waals surface area contributed by atoms with Crippen LogP contribution in [0.25, 0.3) is 11.0 Å². The van der Waals surface area contributed by atoms with Gasteiger partial charge in [-0.2, -0.15) is 0 Å². The summed E-state index contributed by atoms with van der Waals surface area (Å²) in [4.78, 5) is 27.4. The molecule has 0 bridgehead atoms. The molecule has 1 amide bonds. The Balaban J connectivity index is 1.54. The Morgan fingerprint density at radius 1 is 1.06 bits per heavy atom. The number of rotatable bonds is 3. The number of para-hydroxylation sites is 1. The summed E-state index contributed by atoms with van der Waals surface area (Å²) in [6.45, 7) is 1.93. The first-order valence-electron chi connectivity index (χ1n) is 9.89. The first kappa shape index (κ1) is 19.4. The molecule has 1 unspecified atom stereocenters. The second-order valence-electron chi connectivity index (χ2n) is 7.71. The molecule has 5 nitrogen and oxygen atoms in total. The monoisotopic (exact) mass is 430 g/mol. The number of nitrogens with one attached hydrogen (secondary N) is 1. The molecule has 6 heteroatoms. The fraction of sp³-hybridized carbons (Fsp3) is 0.120. The average molecular weight is 431 g/mol. The molecule has 1 N–H and O–H groups in total. The number of benzene rings is 3. The smallest absolute Gasteiger partial charge is 0.257 e. The highest BCUT2D eigenvalue weighted by atomic mass is 35.5. The van der Waals surface area contributed by atoms with Crippen LogP contribution in [0.2, 0.25) is 5.02 Å². The van der Waals surface area contributed by atoms with E-state index >= 15 is 0 Å². The first-order valence-corrected chi connectivity index (χ1v) is 10.3. The van der Waals surface area contributed by atoms with E-state index in [2.05, 4.69) is 5.32 Å². The van der Waals surface area contributed by atoms with Gasteiger partial charge in [-0.1, -0.05) is 23.7 Å². The van der Waals surface area contributed by atoms with Crippen LogP contribution in [0.5, 0.6) is 0 Å². The zero-order chi connectivity index (χ0) is 21.7. The predicted octanol–water partition coefficient (Wildman–Crippen LogP) is 5.82. The number of hydrogen-bond donors (Lipinski definition) is 1. The van der Waals surface area contributed by atoms with Crippen molar-refractivity contribution >= 4 is 39.9 Å². The molecule has 0 saturated heterocycles. The number of carbonyl (C=O) groups excluding carboxylic acids is 2. The zero-order valence-electron chi connectivity index (χ0n) is 17.0. The minimum Gasteiger partial charge on any atom is -0.452 e. The van der Waals surface area contributed by atoms with Gasteiger partial charge in [-0.15, -0.1) is 0 Å². The standard InChI is InChI=1S/C25H19ClN2O3/c1-14-11-17(24-27-20-6-4-3-5-19(20)25(30)28(24)2)12-16-13-21(31-23(14)16)22(29)15-7-9-18(26)10-8-15/h3-13,24,27H,1-2H3. The number of nitrogens with zero attached hydrogens (tertiary/aromatic N) is 1. The van der Waals surface area contributed by atoms with Gasteiger partial charge in [-0.25, -0.2) is 0 Å². The number of furan rings is 1. The van der Waals surface area contributed by atoms with Crippen molar-refractivity contribution < 1.29 is 14.0 Å². The van der Waals surface area contributed by atoms with Gasteiger partial charge >= 0.3 is 0 Å². The summed E-state index contributed by atoms with van der Waals surface area (Å²) in [5.74, 6) is 0.0256. The summed E-state index contributed by atoms with van der Waals surface area (Å²) in [7, 11) is 1.78. The van der Waals surface area contributed by atoms with E-state index in [9.17, 15) is 9.59 Å². The van der Waals surface area contributed by atoms with E-state index in [1.54, 1.807) is 42.3 Å². The Morgan fingerprint density at radius 2 is 1.81 bits per heavy atom. The Kier molecular flexibility index (Phi) is 4.56. The van der Waals surface area contributed by atoms with Crippen LogP contribution in [0.4, 0.5) is 5.69 Å². The molecule has 1 aliphatic rings. The number of carbonyl (C=O) groups is 2. The fourth-order valence-electron chi connectivity index (χ4n) is 4.02. The molecule has 2 heterocycles. The van der Waals surface area contributed by atoms with Crippen LogP contribution in [0.15, 0.2) is 71.1 Å². The van der Waals surface area contributed by atoms with Crippen LogP contribution in [-0.2, 0) is 0 Å². The van der Waals surface area contributed by atoms with Crippen molar-refractivity contribution in [1.82, 2.24) is 4.90 Å². The number of ketones is 1. The molecule has 1 aromatic heterocycles. The molecule has 0 radical (unpaired) electrons. The molecule has 5 rings (SSSR count). The number of aryl methyl sites for hydroxylation is 1. The Bertz CT molecular complexity index is 1340. The minimum atomic E-state index is -0.323. The molecule has 4 aromatic rings. The van der Waals surface area contributed by atoms with E-state index < -0.39 is 0 Å². The molecular weight excluding hydrogens is 412 g/mol. The van der Waals surface area contributed by atoms with Crippen molar-refractivity contribution in [3.63, 3.8) is 0 Å². The van der Waals surface area contributed by atoms with Crippen LogP contribution in [0, 0.1) is 6.92 Å². The number of anilines is 1. The first-order chi connectivity index (χ1) is 14.9. The lowest BCUT2D eigenvalue weighted by Crippen LogP contribution is -2.40. The van der Waals surface area contributed by atoms with Crippen molar-refractivity contribution in [2.75, 3.05) is 12.4 Å². The van der Waals surface area contributed by atoms with Gasteiger partial charge in [0.25, 0.3) is 5.91 Å². The van der Waals surface area contributed by atoms with E-state index in [1.807, 2.05) is 43.3 Å². The molecule has 31 heavy (non-hydrogen) atoms. The Labute approximate surface area is 184 Å². The fourth-order valence-corrected chi connectivity index (χ4v) is 4.15. The van der Waals surface area contributed by atoms with E-state index in [1.165, 1.54) is 0 Å². The largest absolute Gasteiger partial charge is 0.452 e. The molecule has 0 aliphatic carbocycles. The molecule has 0 fully saturated rings. The maximum Gasteiger partial charge on any atom is 0.257 e. The molecule has 1 atom stereocenters. The van der Waals surface area contributed by atoms with Crippen molar-refractivity contribution in [1.29, 1.82) is 0 Å². The third-order valence-electron chi connectivity index (χ3n) is 5.63. The summed E-state index contributed by atoms with van der Waals surface area (Å²) in [6, 6.07) is 19.9. The SMILES string of the molecule is Cc1cc(C2Nc3ccccc3C(=O)N2C)cc2cc(C(=O)c3ccc(Cl)cc3)oc12. The number of hydrogen-bond acceptors (Lipinski definition) is 4. The van der Waals surface area contributed by atoms with Crippen molar-refractivity contribution in [2.24, 2.45) is 0 Å². The second kappa shape index (κ2) is 7.29. The van der Waals surface area contributed by atoms with Crippen molar-refractivity contribution in [3.8, 4) is 0 Å². The molecule has 1 aliphatic heterocycles. The van der Waals surface area contributed by atoms with Gasteiger partial charge in [-0.3, -0.25) is 9.59 Å². The van der Waals surface area contributed by atoms with Gasteiger partial charge in [0, 0.05) is 28.7 Å². The van der Waals surface area contributed by atoms with Crippen molar-refractivity contribution in [2.45, 2.75) is 13.1 Å². The van der Waals surface area contributed by atoms with Gasteiger partial charge < -0.3 is 14.6 Å². The van der Waals surface area contributed by atoms with Gasteiger partial charge in [0.1, 0.15) is 11.7 Å². The molecule has 3 aromatic carbocycles. The van der Waals surface area contributed by atoms with Gasteiger partial charge in [-0.05, 0) is 72.6 Å². The summed E-state index contributed by atoms with van der Waals surface area (Å²) >= 11 is 5.92. The van der Waals surface area contributed by atoms with E-state index in [0.717, 1.165) is 22.2 Å². The highest BCUT2D eigenvalue weighted by molar-refractivity contribution is 6.30. The molecule has 154 valence electrons. The van der Waals surface area contributed by atoms with Crippen LogP contribution in [0.1, 0.15) is 43.8 Å². The van der Waals surface area contributed by atoms with Gasteiger partial charge in [0.2, 0.25) is 5.78 Å². The van der Waals surface area contributed by atoms with Gasteiger partial charge in [0.15, 0.2) is 5.76 Å². The maximum atomic E-state index is 12.9. The topological polar surface area (TPSA) is 62.6 Å². The second-order valence-corrected chi connectivity index (χ2v) is 8.15. The zero-order valence-corrected chi connectivity index (χ0v) is 17.7. The van der Waals surface area contributed by atoms with Crippen LogP contribution >= 0.6 is 11.6 Å². The van der Waals surface area contributed by atoms with E-state index in [-0.39, 0.29) is 23.6 Å². The molecule has 0 spiro atoms. The third-order valence-corrected chi connectivity index (χ3v) is 5.88. The summed E-state index contributed by atoms with van der Waals surface area (Å²) < 4.78 is 5.91. The van der Waals surface area contributed by atoms with Crippen LogP contribution in [-0.4, -0.2) is 23.6 Å². The number of amides is 1. The normalized spacial score (nSPS) is 15.6. The molecular formula is C25H19ClN2O3. The summed E-state index contributed by atoms with van der Waals surface area (Å²) in [6.07, 6.45) is -0.323. The highest BCUT2D eigenvalue weighted by Gasteiger charge is 2.30. The summed E-state index contributed by atoms with van der Waals surface area (Å²) in [5.41, 5.74) is 4.44. The minimum absolute atomic E-state index is 0.0390. The number of halogens is 1. The maximum absolute atomic E-state index is 12.9. The predicted molar refractivity (Wildman–Crippen MR) is 121 cm³/mol. The van der Waals surface area contributed by atoms with Crippen LogP contribution < -0.4 is 5.32 Å². The van der Waals surface area contributed by atoms with Crippen molar-refractivity contribution in [3.05, 3.63) is 99.8 Å². The quantitative estimate of drug-likeness (QED) is 0.416. The lowest BCUT2D eigenvalue weighted by Gasteiger charge is -2.35. The van der Waals surface area contributed by atoms with E-state index in [0.29, 0.717) is 21.7 Å². The lowest BCUT2D eigenvalue weighted by molar-refractivity contribution is 0.0735. The summed E-state index contributed by atoms with van der Waals surface area (Å²) in [5, 5.41) is 4.83. The van der Waals surface area contributed by atoms with Crippen LogP contribution in [0.3, 0.4) is 0 Å². The Morgan fingerprint density at radius 3 is 2.58 bits per heavy atom. The average Bonchev–Trinajstić information content (AvgIpc) is 3.21. The number of fused-ring (bicyclic) bond motifs is 2. The Hall–Kier alpha value is -3.57. The third kappa shape index (κ3) is 3.27. The van der Waals surface area contributed by atoms with Gasteiger partial charge in [0.05, 0.1) is 5.56 Å². The highest BCUT2D eigenvalue weighted by Crippen LogP contribution is 2.35. The lowest BCUT2D eigenvalue weighted by atomic mass is 10.0. The molecule has 0 saturated carbocycles.